The molecule has 0 amide bonds. The van der Waals surface area contributed by atoms with Crippen LogP contribution in [0.4, 0.5) is 17.6 Å². The Hall–Kier alpha value is -1.26. The van der Waals surface area contributed by atoms with Crippen LogP contribution in [-0.4, -0.2) is 19.5 Å². The van der Waals surface area contributed by atoms with Crippen LogP contribution >= 0.6 is 0 Å². The number of methoxy groups -OCH3 is 1. The molecule has 1 nitrogen and oxygen atoms in total. The van der Waals surface area contributed by atoms with Crippen LogP contribution in [0.5, 0.6) is 5.75 Å². The minimum Gasteiger partial charge on any atom is -0.497 e. The van der Waals surface area contributed by atoms with Crippen LogP contribution in [0.2, 0.25) is 0 Å². The predicted molar refractivity (Wildman–Crippen MR) is 52.3 cm³/mol. The minimum atomic E-state index is -4.76. The fourth-order valence-electron chi connectivity index (χ4n) is 1.25. The van der Waals surface area contributed by atoms with Gasteiger partial charge in [-0.15, -0.1) is 0 Å². The molecule has 1 aromatic carbocycles. The molecule has 1 aromatic rings. The summed E-state index contributed by atoms with van der Waals surface area (Å²) >= 11 is 0. The molecule has 1 atom stereocenters. The van der Waals surface area contributed by atoms with Gasteiger partial charge in [-0.25, -0.2) is 4.39 Å². The molecule has 0 radical (unpaired) electrons. The molecule has 90 valence electrons. The maximum Gasteiger partial charge on any atom is 0.419 e. The largest absolute Gasteiger partial charge is 0.497 e. The lowest BCUT2D eigenvalue weighted by Gasteiger charge is -2.11. The van der Waals surface area contributed by atoms with Crippen LogP contribution in [0.15, 0.2) is 24.3 Å². The molecular weight excluding hydrogens is 224 g/mol. The second kappa shape index (κ2) is 5.18. The predicted octanol–water partition coefficient (Wildman–Crippen LogP) is 3.53. The Kier molecular flexibility index (Phi) is 4.15. The van der Waals surface area contributed by atoms with E-state index in [0.717, 1.165) is 0 Å². The van der Waals surface area contributed by atoms with Crippen molar-refractivity contribution in [2.45, 2.75) is 25.2 Å². The van der Waals surface area contributed by atoms with Crippen molar-refractivity contribution in [1.29, 1.82) is 0 Å². The first kappa shape index (κ1) is 12.8. The Morgan fingerprint density at radius 2 is 1.75 bits per heavy atom. The molecule has 1 unspecified atom stereocenters. The van der Waals surface area contributed by atoms with Gasteiger partial charge in [0.2, 0.25) is 0 Å². The van der Waals surface area contributed by atoms with E-state index in [1.165, 1.54) is 7.11 Å². The van der Waals surface area contributed by atoms with Gasteiger partial charge in [-0.05, 0) is 30.5 Å². The highest BCUT2D eigenvalue weighted by atomic mass is 19.4. The van der Waals surface area contributed by atoms with E-state index in [4.69, 9.17) is 4.74 Å². The second-order valence-electron chi connectivity index (χ2n) is 3.40. The van der Waals surface area contributed by atoms with Gasteiger partial charge in [0, 0.05) is 0 Å². The number of aryl methyl sites for hydroxylation is 1. The SMILES string of the molecule is COc1ccc(CCC(F)C(F)(F)F)cc1. The Morgan fingerprint density at radius 1 is 1.19 bits per heavy atom. The summed E-state index contributed by atoms with van der Waals surface area (Å²) in [5.41, 5.74) is 0.660. The molecule has 5 heteroatoms. The van der Waals surface area contributed by atoms with Gasteiger partial charge in [0.25, 0.3) is 0 Å². The van der Waals surface area contributed by atoms with E-state index in [-0.39, 0.29) is 6.42 Å². The van der Waals surface area contributed by atoms with Crippen molar-refractivity contribution in [3.05, 3.63) is 29.8 Å². The number of alkyl halides is 4. The first-order valence-electron chi connectivity index (χ1n) is 4.77. The quantitative estimate of drug-likeness (QED) is 0.727. The topological polar surface area (TPSA) is 9.23 Å². The molecule has 0 aromatic heterocycles. The average Bonchev–Trinajstić information content (AvgIpc) is 2.25. The van der Waals surface area contributed by atoms with E-state index < -0.39 is 18.8 Å². The van der Waals surface area contributed by atoms with Crippen molar-refractivity contribution in [1.82, 2.24) is 0 Å². The van der Waals surface area contributed by atoms with E-state index in [1.807, 2.05) is 0 Å². The summed E-state index contributed by atoms with van der Waals surface area (Å²) < 4.78 is 53.1. The molecule has 0 aliphatic rings. The maximum atomic E-state index is 12.6. The number of ether oxygens (including phenoxy) is 1. The zero-order chi connectivity index (χ0) is 12.2. The summed E-state index contributed by atoms with van der Waals surface area (Å²) in [4.78, 5) is 0. The van der Waals surface area contributed by atoms with Crippen molar-refractivity contribution < 1.29 is 22.3 Å². The van der Waals surface area contributed by atoms with Gasteiger partial charge in [-0.2, -0.15) is 13.2 Å². The van der Waals surface area contributed by atoms with Crippen LogP contribution in [-0.2, 0) is 6.42 Å². The van der Waals surface area contributed by atoms with Gasteiger partial charge >= 0.3 is 6.18 Å². The van der Waals surface area contributed by atoms with Gasteiger partial charge < -0.3 is 4.74 Å². The zero-order valence-electron chi connectivity index (χ0n) is 8.72. The highest BCUT2D eigenvalue weighted by molar-refractivity contribution is 5.27. The van der Waals surface area contributed by atoms with Crippen LogP contribution in [0.3, 0.4) is 0 Å². The Balaban J connectivity index is 2.48. The van der Waals surface area contributed by atoms with E-state index in [0.29, 0.717) is 11.3 Å². The zero-order valence-corrected chi connectivity index (χ0v) is 8.72. The average molecular weight is 236 g/mol. The van der Waals surface area contributed by atoms with Crippen LogP contribution in [0.1, 0.15) is 12.0 Å². The first-order chi connectivity index (χ1) is 7.43. The van der Waals surface area contributed by atoms with Gasteiger partial charge in [0.1, 0.15) is 5.75 Å². The van der Waals surface area contributed by atoms with E-state index in [2.05, 4.69) is 0 Å². The van der Waals surface area contributed by atoms with Gasteiger partial charge in [0.15, 0.2) is 6.17 Å². The fourth-order valence-corrected chi connectivity index (χ4v) is 1.25. The van der Waals surface area contributed by atoms with E-state index >= 15 is 0 Å². The third-order valence-electron chi connectivity index (χ3n) is 2.20. The Bertz CT molecular complexity index is 318. The lowest BCUT2D eigenvalue weighted by Crippen LogP contribution is -2.24. The summed E-state index contributed by atoms with van der Waals surface area (Å²) in [7, 11) is 1.50. The first-order valence-corrected chi connectivity index (χ1v) is 4.77. The number of halogens is 4. The molecule has 0 heterocycles. The molecule has 1 rings (SSSR count). The smallest absolute Gasteiger partial charge is 0.419 e. The summed E-state index contributed by atoms with van der Waals surface area (Å²) in [6.07, 6.45) is -8.00. The number of benzene rings is 1. The standard InChI is InChI=1S/C11H12F4O/c1-16-9-5-2-8(3-6-9)4-7-10(12)11(13,14)15/h2-3,5-6,10H,4,7H2,1H3. The van der Waals surface area contributed by atoms with Crippen molar-refractivity contribution in [3.8, 4) is 5.75 Å². The van der Waals surface area contributed by atoms with Gasteiger partial charge in [0.05, 0.1) is 7.11 Å². The second-order valence-corrected chi connectivity index (χ2v) is 3.40. The van der Waals surface area contributed by atoms with Gasteiger partial charge in [-0.3, -0.25) is 0 Å². The fraction of sp³-hybridized carbons (Fsp3) is 0.455. The third kappa shape index (κ3) is 3.72. The van der Waals surface area contributed by atoms with Crippen molar-refractivity contribution in [2.75, 3.05) is 7.11 Å². The Morgan fingerprint density at radius 3 is 2.19 bits per heavy atom. The number of hydrogen-bond acceptors (Lipinski definition) is 1. The highest BCUT2D eigenvalue weighted by Crippen LogP contribution is 2.26. The van der Waals surface area contributed by atoms with Crippen molar-refractivity contribution in [3.63, 3.8) is 0 Å². The molecule has 0 aliphatic carbocycles. The van der Waals surface area contributed by atoms with Crippen molar-refractivity contribution in [2.24, 2.45) is 0 Å². The van der Waals surface area contributed by atoms with Crippen LogP contribution < -0.4 is 4.74 Å². The number of rotatable bonds is 4. The third-order valence-corrected chi connectivity index (χ3v) is 2.20. The molecule has 0 aliphatic heterocycles. The summed E-state index contributed by atoms with van der Waals surface area (Å²) in [5, 5.41) is 0. The minimum absolute atomic E-state index is 0.0602. The molecule has 16 heavy (non-hydrogen) atoms. The van der Waals surface area contributed by atoms with E-state index in [9.17, 15) is 17.6 Å². The molecule has 0 saturated heterocycles. The van der Waals surface area contributed by atoms with Crippen molar-refractivity contribution >= 4 is 0 Å². The number of hydrogen-bond donors (Lipinski definition) is 0. The van der Waals surface area contributed by atoms with Crippen LogP contribution in [0.25, 0.3) is 0 Å². The Labute approximate surface area is 91.0 Å². The monoisotopic (exact) mass is 236 g/mol. The lowest BCUT2D eigenvalue weighted by molar-refractivity contribution is -0.181. The molecule has 0 bridgehead atoms. The lowest BCUT2D eigenvalue weighted by atomic mass is 10.1. The van der Waals surface area contributed by atoms with Gasteiger partial charge in [-0.1, -0.05) is 12.1 Å². The normalized spacial score (nSPS) is 13.6. The molecular formula is C11H12F4O. The van der Waals surface area contributed by atoms with E-state index in [1.54, 1.807) is 24.3 Å². The maximum absolute atomic E-state index is 12.6. The molecule has 0 N–H and O–H groups in total. The van der Waals surface area contributed by atoms with Crippen LogP contribution in [0, 0.1) is 0 Å². The molecule has 0 spiro atoms. The summed E-state index contributed by atoms with van der Waals surface area (Å²) in [6.45, 7) is 0. The summed E-state index contributed by atoms with van der Waals surface area (Å²) in [5.74, 6) is 0.622. The molecule has 0 fully saturated rings. The highest BCUT2D eigenvalue weighted by Gasteiger charge is 2.39. The summed E-state index contributed by atoms with van der Waals surface area (Å²) in [6, 6.07) is 6.52. The molecule has 0 saturated carbocycles.